The lowest BCUT2D eigenvalue weighted by Gasteiger charge is -2.07. The molecule has 1 aromatic carbocycles. The third-order valence-corrected chi connectivity index (χ3v) is 2.86. The summed E-state index contributed by atoms with van der Waals surface area (Å²) in [6.45, 7) is 0.346. The maximum Gasteiger partial charge on any atom is 0.315 e. The zero-order chi connectivity index (χ0) is 13.5. The van der Waals surface area contributed by atoms with Crippen molar-refractivity contribution >= 4 is 27.8 Å². The molecule has 0 radical (unpaired) electrons. The number of halogens is 1. The van der Waals surface area contributed by atoms with Crippen molar-refractivity contribution < 1.29 is 19.1 Å². The molecule has 0 aliphatic rings. The Labute approximate surface area is 114 Å². The van der Waals surface area contributed by atoms with Gasteiger partial charge in [-0.3, -0.25) is 9.59 Å². The van der Waals surface area contributed by atoms with E-state index in [1.54, 1.807) is 13.2 Å². The lowest BCUT2D eigenvalue weighted by molar-refractivity contribution is -0.143. The molecule has 18 heavy (non-hydrogen) atoms. The monoisotopic (exact) mass is 315 g/mol. The van der Waals surface area contributed by atoms with Crippen LogP contribution in [0.2, 0.25) is 0 Å². The summed E-state index contributed by atoms with van der Waals surface area (Å²) < 4.78 is 10.3. The molecule has 0 saturated heterocycles. The highest BCUT2D eigenvalue weighted by Crippen LogP contribution is 2.25. The number of carbonyl (C=O) groups excluding carboxylic acids is 2. The zero-order valence-electron chi connectivity index (χ0n) is 10.2. The highest BCUT2D eigenvalue weighted by molar-refractivity contribution is 9.10. The molecule has 1 aromatic rings. The number of methoxy groups -OCH3 is 2. The molecular weight excluding hydrogens is 302 g/mol. The Hall–Kier alpha value is -1.56. The van der Waals surface area contributed by atoms with Crippen molar-refractivity contribution in [3.05, 3.63) is 28.2 Å². The van der Waals surface area contributed by atoms with Crippen LogP contribution in [0.25, 0.3) is 0 Å². The molecule has 0 unspecified atom stereocenters. The number of esters is 1. The van der Waals surface area contributed by atoms with Gasteiger partial charge in [0.05, 0.1) is 18.7 Å². The summed E-state index contributed by atoms with van der Waals surface area (Å²) in [6.07, 6.45) is -0.270. The Balaban J connectivity index is 2.51. The summed E-state index contributed by atoms with van der Waals surface area (Å²) in [6, 6.07) is 5.48. The lowest BCUT2D eigenvalue weighted by Crippen LogP contribution is -2.25. The van der Waals surface area contributed by atoms with E-state index in [9.17, 15) is 9.59 Å². The minimum atomic E-state index is -0.552. The van der Waals surface area contributed by atoms with Crippen LogP contribution in [0, 0.1) is 0 Å². The summed E-state index contributed by atoms with van der Waals surface area (Å²) in [7, 11) is 2.83. The number of amides is 1. The molecule has 98 valence electrons. The Bertz CT molecular complexity index is 448. The summed E-state index contributed by atoms with van der Waals surface area (Å²) >= 11 is 3.35. The van der Waals surface area contributed by atoms with E-state index < -0.39 is 5.97 Å². The average molecular weight is 316 g/mol. The third kappa shape index (κ3) is 4.37. The van der Waals surface area contributed by atoms with Crippen molar-refractivity contribution in [2.45, 2.75) is 13.0 Å². The minimum Gasteiger partial charge on any atom is -0.496 e. The first-order chi connectivity index (χ1) is 8.56. The quantitative estimate of drug-likeness (QED) is 0.662. The van der Waals surface area contributed by atoms with Crippen molar-refractivity contribution in [2.24, 2.45) is 0 Å². The molecule has 0 aromatic heterocycles. The third-order valence-electron chi connectivity index (χ3n) is 2.24. The van der Waals surface area contributed by atoms with E-state index in [-0.39, 0.29) is 12.3 Å². The van der Waals surface area contributed by atoms with Gasteiger partial charge in [0.2, 0.25) is 5.91 Å². The summed E-state index contributed by atoms with van der Waals surface area (Å²) in [5.41, 5.74) is 0.904. The van der Waals surface area contributed by atoms with E-state index in [1.807, 2.05) is 12.1 Å². The number of hydrogen-bond acceptors (Lipinski definition) is 4. The molecule has 0 spiro atoms. The van der Waals surface area contributed by atoms with Gasteiger partial charge < -0.3 is 14.8 Å². The smallest absolute Gasteiger partial charge is 0.315 e. The molecule has 0 atom stereocenters. The fourth-order valence-electron chi connectivity index (χ4n) is 1.29. The number of hydrogen-bond donors (Lipinski definition) is 1. The number of benzene rings is 1. The molecule has 1 rings (SSSR count). The van der Waals surface area contributed by atoms with Gasteiger partial charge in [0.1, 0.15) is 12.2 Å². The Morgan fingerprint density at radius 3 is 2.61 bits per heavy atom. The van der Waals surface area contributed by atoms with E-state index in [1.165, 1.54) is 7.11 Å². The first kappa shape index (κ1) is 14.5. The number of carbonyl (C=O) groups is 2. The van der Waals surface area contributed by atoms with Crippen LogP contribution in [0.1, 0.15) is 12.0 Å². The van der Waals surface area contributed by atoms with Crippen LogP contribution in [0.15, 0.2) is 22.7 Å². The Morgan fingerprint density at radius 2 is 2.06 bits per heavy atom. The maximum atomic E-state index is 11.3. The molecule has 6 heteroatoms. The first-order valence-electron chi connectivity index (χ1n) is 5.22. The molecule has 1 N–H and O–H groups in total. The van der Waals surface area contributed by atoms with Crippen LogP contribution >= 0.6 is 15.9 Å². The van der Waals surface area contributed by atoms with Gasteiger partial charge >= 0.3 is 5.97 Å². The SMILES string of the molecule is COC(=O)CC(=O)NCc1ccc(OC)c(Br)c1. The van der Waals surface area contributed by atoms with Gasteiger partial charge in [-0.2, -0.15) is 0 Å². The minimum absolute atomic E-state index is 0.270. The molecule has 0 aliphatic heterocycles. The van der Waals surface area contributed by atoms with Crippen LogP contribution in [0.3, 0.4) is 0 Å². The first-order valence-corrected chi connectivity index (χ1v) is 6.02. The predicted molar refractivity (Wildman–Crippen MR) is 69.2 cm³/mol. The molecule has 0 aliphatic carbocycles. The lowest BCUT2D eigenvalue weighted by atomic mass is 10.2. The number of rotatable bonds is 5. The fraction of sp³-hybridized carbons (Fsp3) is 0.333. The Morgan fingerprint density at radius 1 is 1.33 bits per heavy atom. The summed E-state index contributed by atoms with van der Waals surface area (Å²) in [4.78, 5) is 22.2. The topological polar surface area (TPSA) is 64.6 Å². The predicted octanol–water partition coefficient (Wildman–Crippen LogP) is 1.64. The number of ether oxygens (including phenoxy) is 2. The summed E-state index contributed by atoms with van der Waals surface area (Å²) in [5, 5.41) is 2.63. The highest BCUT2D eigenvalue weighted by Gasteiger charge is 2.09. The van der Waals surface area contributed by atoms with Gasteiger partial charge in [0, 0.05) is 6.54 Å². The van der Waals surface area contributed by atoms with Gasteiger partial charge in [-0.25, -0.2) is 0 Å². The van der Waals surface area contributed by atoms with Crippen molar-refractivity contribution in [1.82, 2.24) is 5.32 Å². The van der Waals surface area contributed by atoms with E-state index in [4.69, 9.17) is 4.74 Å². The average Bonchev–Trinajstić information content (AvgIpc) is 2.36. The van der Waals surface area contributed by atoms with Crippen LogP contribution in [0.5, 0.6) is 5.75 Å². The van der Waals surface area contributed by atoms with Gasteiger partial charge in [0.15, 0.2) is 0 Å². The van der Waals surface area contributed by atoms with Gasteiger partial charge in [0.25, 0.3) is 0 Å². The normalized spacial score (nSPS) is 9.72. The van der Waals surface area contributed by atoms with E-state index >= 15 is 0 Å². The maximum absolute atomic E-state index is 11.3. The zero-order valence-corrected chi connectivity index (χ0v) is 11.7. The van der Waals surface area contributed by atoms with Crippen LogP contribution < -0.4 is 10.1 Å². The largest absolute Gasteiger partial charge is 0.496 e. The second-order valence-corrected chi connectivity index (χ2v) is 4.35. The second-order valence-electron chi connectivity index (χ2n) is 3.50. The van der Waals surface area contributed by atoms with Crippen molar-refractivity contribution in [2.75, 3.05) is 14.2 Å². The van der Waals surface area contributed by atoms with Crippen molar-refractivity contribution in [3.63, 3.8) is 0 Å². The van der Waals surface area contributed by atoms with Gasteiger partial charge in [-0.1, -0.05) is 6.07 Å². The molecule has 0 bridgehead atoms. The van der Waals surface area contributed by atoms with E-state index in [0.717, 1.165) is 15.8 Å². The van der Waals surface area contributed by atoms with Gasteiger partial charge in [-0.15, -0.1) is 0 Å². The van der Waals surface area contributed by atoms with E-state index in [2.05, 4.69) is 26.0 Å². The van der Waals surface area contributed by atoms with Crippen molar-refractivity contribution in [1.29, 1.82) is 0 Å². The number of nitrogens with one attached hydrogen (secondary N) is 1. The molecule has 1 amide bonds. The molecule has 0 heterocycles. The second kappa shape index (κ2) is 7.00. The molecule has 0 saturated carbocycles. The van der Waals surface area contributed by atoms with Crippen LogP contribution in [-0.2, 0) is 20.9 Å². The van der Waals surface area contributed by atoms with Crippen LogP contribution in [-0.4, -0.2) is 26.1 Å². The fourth-order valence-corrected chi connectivity index (χ4v) is 1.87. The molecular formula is C12H14BrNO4. The van der Waals surface area contributed by atoms with Crippen LogP contribution in [0.4, 0.5) is 0 Å². The van der Waals surface area contributed by atoms with Crippen molar-refractivity contribution in [3.8, 4) is 5.75 Å². The molecule has 5 nitrogen and oxygen atoms in total. The standard InChI is InChI=1S/C12H14BrNO4/c1-17-10-4-3-8(5-9(10)13)7-14-11(15)6-12(16)18-2/h3-5H,6-7H2,1-2H3,(H,14,15). The van der Waals surface area contributed by atoms with Gasteiger partial charge in [-0.05, 0) is 33.6 Å². The highest BCUT2D eigenvalue weighted by atomic mass is 79.9. The van der Waals surface area contributed by atoms with E-state index in [0.29, 0.717) is 6.54 Å². The summed E-state index contributed by atoms with van der Waals surface area (Å²) in [5.74, 6) is -0.197. The Kier molecular flexibility index (Phi) is 5.64. The molecule has 0 fully saturated rings.